The van der Waals surface area contributed by atoms with Crippen molar-refractivity contribution < 1.29 is 34.7 Å². The number of aromatic hydroxyl groups is 3. The second-order valence-electron chi connectivity index (χ2n) is 9.22. The molecule has 2 heterocycles. The Morgan fingerprint density at radius 1 is 1.06 bits per heavy atom. The number of unbranched alkanes of at least 4 members (excludes halogenated alkanes) is 3. The van der Waals surface area contributed by atoms with Crippen molar-refractivity contribution in [2.45, 2.75) is 70.2 Å². The fraction of sp³-hybridized carbons (Fsp3) is 0.423. The molecule has 0 aliphatic carbocycles. The van der Waals surface area contributed by atoms with Gasteiger partial charge in [-0.1, -0.05) is 26.2 Å². The number of phenolic OH excluding ortho intramolecular Hbond substituents is 3. The minimum Gasteiger partial charge on any atom is -0.508 e. The van der Waals surface area contributed by atoms with E-state index in [0.717, 1.165) is 37.8 Å². The van der Waals surface area contributed by atoms with E-state index in [1.54, 1.807) is 0 Å². The van der Waals surface area contributed by atoms with Crippen molar-refractivity contribution in [1.82, 2.24) is 0 Å². The highest BCUT2D eigenvalue weighted by Crippen LogP contribution is 2.44. The van der Waals surface area contributed by atoms with Crippen molar-refractivity contribution in [3.05, 3.63) is 57.4 Å². The first-order valence-electron chi connectivity index (χ1n) is 11.5. The Balaban J connectivity index is 1.73. The van der Waals surface area contributed by atoms with Crippen LogP contribution in [0.5, 0.6) is 23.0 Å². The minimum atomic E-state index is -1.44. The van der Waals surface area contributed by atoms with Gasteiger partial charge < -0.3 is 34.7 Å². The van der Waals surface area contributed by atoms with Crippen LogP contribution in [0.15, 0.2) is 39.5 Å². The third-order valence-electron chi connectivity index (χ3n) is 6.56. The van der Waals surface area contributed by atoms with Crippen LogP contribution in [0, 0.1) is 0 Å². The average Bonchev–Trinajstić information content (AvgIpc) is 2.77. The fourth-order valence-corrected chi connectivity index (χ4v) is 4.55. The highest BCUT2D eigenvalue weighted by Gasteiger charge is 2.41. The van der Waals surface area contributed by atoms with E-state index in [-0.39, 0.29) is 46.0 Å². The van der Waals surface area contributed by atoms with Gasteiger partial charge in [0.2, 0.25) is 0 Å². The van der Waals surface area contributed by atoms with E-state index in [9.17, 15) is 30.3 Å². The van der Waals surface area contributed by atoms with E-state index in [1.807, 2.05) is 6.92 Å². The monoisotopic (exact) mass is 470 g/mol. The van der Waals surface area contributed by atoms with Crippen molar-refractivity contribution in [3.8, 4) is 23.0 Å². The van der Waals surface area contributed by atoms with Crippen molar-refractivity contribution in [3.63, 3.8) is 0 Å². The minimum absolute atomic E-state index is 0.0203. The van der Waals surface area contributed by atoms with Crippen molar-refractivity contribution in [1.29, 1.82) is 0 Å². The predicted octanol–water partition coefficient (Wildman–Crippen LogP) is 4.02. The van der Waals surface area contributed by atoms with Crippen molar-refractivity contribution in [2.75, 3.05) is 0 Å². The first kappa shape index (κ1) is 23.9. The summed E-state index contributed by atoms with van der Waals surface area (Å²) in [5.41, 5.74) is -0.947. The van der Waals surface area contributed by atoms with Gasteiger partial charge in [-0.2, -0.15) is 0 Å². The van der Waals surface area contributed by atoms with E-state index in [1.165, 1.54) is 18.2 Å². The van der Waals surface area contributed by atoms with Gasteiger partial charge in [-0.25, -0.2) is 0 Å². The third-order valence-corrected chi connectivity index (χ3v) is 6.56. The van der Waals surface area contributed by atoms with E-state index < -0.39 is 23.2 Å². The number of hydrogen-bond acceptors (Lipinski definition) is 8. The van der Waals surface area contributed by atoms with Crippen LogP contribution < -0.4 is 10.2 Å². The standard InChI is InChI=1S/C26H30O8/c1-3-4-5-6-7-26(2)22(30)11-17-19(34-26)13-20-23(25(17)32)18(29)12-21(33-20)24(31)14-8-15(27)10-16(28)9-14/h8-10,12-13,22,24,27-28,30-32H,3-7,11H2,1-2H3. The smallest absolute Gasteiger partial charge is 0.196 e. The molecular weight excluding hydrogens is 440 g/mol. The van der Waals surface area contributed by atoms with Gasteiger partial charge in [-0.3, -0.25) is 4.79 Å². The number of aliphatic hydroxyl groups excluding tert-OH is 2. The largest absolute Gasteiger partial charge is 0.508 e. The van der Waals surface area contributed by atoms with Gasteiger partial charge in [0.1, 0.15) is 51.4 Å². The molecule has 3 unspecified atom stereocenters. The molecule has 0 saturated carbocycles. The second-order valence-corrected chi connectivity index (χ2v) is 9.22. The van der Waals surface area contributed by atoms with Crippen LogP contribution in [0.3, 0.4) is 0 Å². The van der Waals surface area contributed by atoms with Crippen molar-refractivity contribution in [2.24, 2.45) is 0 Å². The summed E-state index contributed by atoms with van der Waals surface area (Å²) in [4.78, 5) is 12.9. The number of aliphatic hydroxyl groups is 2. The summed E-state index contributed by atoms with van der Waals surface area (Å²) in [6.45, 7) is 3.96. The molecule has 1 aliphatic heterocycles. The van der Waals surface area contributed by atoms with Gasteiger partial charge in [-0.15, -0.1) is 0 Å². The summed E-state index contributed by atoms with van der Waals surface area (Å²) in [6, 6.07) is 6.15. The molecule has 3 aromatic rings. The molecule has 2 aromatic carbocycles. The molecule has 0 saturated heterocycles. The Bertz CT molecular complexity index is 1240. The lowest BCUT2D eigenvalue weighted by Gasteiger charge is -2.40. The average molecular weight is 471 g/mol. The molecule has 0 radical (unpaired) electrons. The number of phenols is 3. The molecule has 8 heteroatoms. The van der Waals surface area contributed by atoms with Crippen LogP contribution in [0.2, 0.25) is 0 Å². The lowest BCUT2D eigenvalue weighted by Crippen LogP contribution is -2.49. The van der Waals surface area contributed by atoms with Gasteiger partial charge in [-0.05, 0) is 37.5 Å². The lowest BCUT2D eigenvalue weighted by molar-refractivity contribution is -0.0610. The lowest BCUT2D eigenvalue weighted by atomic mass is 9.84. The van der Waals surface area contributed by atoms with Crippen molar-refractivity contribution >= 4 is 11.0 Å². The molecule has 0 spiro atoms. The number of ether oxygens (including phenoxy) is 1. The van der Waals surface area contributed by atoms with Crippen LogP contribution in [0.1, 0.15) is 68.9 Å². The molecule has 0 bridgehead atoms. The molecule has 0 fully saturated rings. The SMILES string of the molecule is CCCCCCC1(C)Oc2cc3oc(C(O)c4cc(O)cc(O)c4)cc(=O)c3c(O)c2CC1O. The molecule has 1 aliphatic rings. The van der Waals surface area contributed by atoms with E-state index in [4.69, 9.17) is 9.15 Å². The zero-order valence-corrected chi connectivity index (χ0v) is 19.2. The maximum Gasteiger partial charge on any atom is 0.196 e. The summed E-state index contributed by atoms with van der Waals surface area (Å²) in [7, 11) is 0. The highest BCUT2D eigenvalue weighted by atomic mass is 16.5. The normalized spacial score (nSPS) is 20.6. The predicted molar refractivity (Wildman–Crippen MR) is 125 cm³/mol. The van der Waals surface area contributed by atoms with Crippen LogP contribution in [-0.2, 0) is 6.42 Å². The highest BCUT2D eigenvalue weighted by molar-refractivity contribution is 5.87. The molecule has 8 nitrogen and oxygen atoms in total. The van der Waals surface area contributed by atoms with Gasteiger partial charge in [0.05, 0.1) is 6.10 Å². The van der Waals surface area contributed by atoms with E-state index in [0.29, 0.717) is 17.7 Å². The number of rotatable bonds is 7. The molecule has 3 atom stereocenters. The fourth-order valence-electron chi connectivity index (χ4n) is 4.55. The summed E-state index contributed by atoms with van der Waals surface area (Å²) in [5.74, 6) is -0.634. The molecular formula is C26H30O8. The number of benzene rings is 2. The molecule has 182 valence electrons. The second kappa shape index (κ2) is 9.19. The van der Waals surface area contributed by atoms with Gasteiger partial charge >= 0.3 is 0 Å². The Kier molecular flexibility index (Phi) is 6.47. The first-order chi connectivity index (χ1) is 16.1. The Labute approximate surface area is 196 Å². The van der Waals surface area contributed by atoms with Gasteiger partial charge in [0.15, 0.2) is 5.43 Å². The topological polar surface area (TPSA) is 141 Å². The molecule has 34 heavy (non-hydrogen) atoms. The van der Waals surface area contributed by atoms with E-state index in [2.05, 4.69) is 6.92 Å². The zero-order chi connectivity index (χ0) is 24.6. The molecule has 5 N–H and O–H groups in total. The molecule has 1 aromatic heterocycles. The summed E-state index contributed by atoms with van der Waals surface area (Å²) < 4.78 is 11.9. The number of fused-ring (bicyclic) bond motifs is 2. The quantitative estimate of drug-likeness (QED) is 0.326. The van der Waals surface area contributed by atoms with Gasteiger partial charge in [0.25, 0.3) is 0 Å². The Morgan fingerprint density at radius 2 is 1.76 bits per heavy atom. The number of hydrogen-bond donors (Lipinski definition) is 5. The van der Waals surface area contributed by atoms with Crippen LogP contribution >= 0.6 is 0 Å². The Morgan fingerprint density at radius 3 is 2.44 bits per heavy atom. The van der Waals surface area contributed by atoms with Crippen LogP contribution in [0.4, 0.5) is 0 Å². The van der Waals surface area contributed by atoms with Crippen LogP contribution in [-0.4, -0.2) is 37.2 Å². The van der Waals surface area contributed by atoms with E-state index >= 15 is 0 Å². The summed E-state index contributed by atoms with van der Waals surface area (Å²) in [5, 5.41) is 51.7. The summed E-state index contributed by atoms with van der Waals surface area (Å²) >= 11 is 0. The molecule has 4 rings (SSSR count). The van der Waals surface area contributed by atoms with Crippen LogP contribution in [0.25, 0.3) is 11.0 Å². The third kappa shape index (κ3) is 4.43. The maximum absolute atomic E-state index is 12.9. The molecule has 0 amide bonds. The Hall–Kier alpha value is -3.23. The van der Waals surface area contributed by atoms with Gasteiger partial charge in [0, 0.05) is 30.2 Å². The zero-order valence-electron chi connectivity index (χ0n) is 19.2. The first-order valence-corrected chi connectivity index (χ1v) is 11.5. The summed E-state index contributed by atoms with van der Waals surface area (Å²) in [6.07, 6.45) is 2.58. The maximum atomic E-state index is 12.9.